The largest absolute Gasteiger partial charge is 0.508 e. The second kappa shape index (κ2) is 7.09. The van der Waals surface area contributed by atoms with Gasteiger partial charge in [-0.05, 0) is 44.5 Å². The third-order valence-electron chi connectivity index (χ3n) is 3.19. The molecule has 1 atom stereocenters. The number of nitrogens with one attached hydrogen (secondary N) is 1. The van der Waals surface area contributed by atoms with Crippen LogP contribution < -0.4 is 10.1 Å². The summed E-state index contributed by atoms with van der Waals surface area (Å²) in [5, 5.41) is 12.8. The zero-order chi connectivity index (χ0) is 15.2. The second-order valence-electron chi connectivity index (χ2n) is 5.33. The maximum atomic E-state index is 9.32. The Morgan fingerprint density at radius 1 is 1.14 bits per heavy atom. The van der Waals surface area contributed by atoms with Crippen molar-refractivity contribution in [3.63, 3.8) is 0 Å². The lowest BCUT2D eigenvalue weighted by molar-refractivity contribution is 0.229. The Labute approximate surface area is 125 Å². The van der Waals surface area contributed by atoms with Crippen LogP contribution in [0.5, 0.6) is 11.6 Å². The van der Waals surface area contributed by atoms with E-state index in [4.69, 9.17) is 4.74 Å². The Morgan fingerprint density at radius 2 is 1.86 bits per heavy atom. The lowest BCUT2D eigenvalue weighted by atomic mass is 10.1. The average Bonchev–Trinajstić information content (AvgIpc) is 2.46. The van der Waals surface area contributed by atoms with E-state index in [0.717, 1.165) is 11.1 Å². The van der Waals surface area contributed by atoms with E-state index in [1.165, 1.54) is 0 Å². The first-order valence-corrected chi connectivity index (χ1v) is 7.19. The number of pyridine rings is 1. The molecule has 0 fully saturated rings. The SMILES string of the molecule is CC(C)Oc1ncccc1CNC(C)c1ccc(O)cc1. The molecule has 1 heterocycles. The molecule has 1 aromatic carbocycles. The summed E-state index contributed by atoms with van der Waals surface area (Å²) in [6.07, 6.45) is 1.85. The van der Waals surface area contributed by atoms with Crippen LogP contribution in [0, 0.1) is 0 Å². The van der Waals surface area contributed by atoms with E-state index >= 15 is 0 Å². The highest BCUT2D eigenvalue weighted by Gasteiger charge is 2.09. The summed E-state index contributed by atoms with van der Waals surface area (Å²) >= 11 is 0. The normalized spacial score (nSPS) is 12.4. The minimum atomic E-state index is 0.105. The average molecular weight is 286 g/mol. The minimum absolute atomic E-state index is 0.105. The summed E-state index contributed by atoms with van der Waals surface area (Å²) in [5.41, 5.74) is 2.17. The summed E-state index contributed by atoms with van der Waals surface area (Å²) in [7, 11) is 0. The van der Waals surface area contributed by atoms with E-state index in [1.54, 1.807) is 18.3 Å². The lowest BCUT2D eigenvalue weighted by Crippen LogP contribution is -2.19. The molecule has 0 spiro atoms. The fourth-order valence-corrected chi connectivity index (χ4v) is 2.03. The molecule has 0 aliphatic rings. The Bertz CT molecular complexity index is 567. The molecule has 21 heavy (non-hydrogen) atoms. The van der Waals surface area contributed by atoms with Gasteiger partial charge in [-0.3, -0.25) is 0 Å². The zero-order valence-electron chi connectivity index (χ0n) is 12.7. The van der Waals surface area contributed by atoms with Gasteiger partial charge in [-0.15, -0.1) is 0 Å². The van der Waals surface area contributed by atoms with Gasteiger partial charge < -0.3 is 15.2 Å². The van der Waals surface area contributed by atoms with Crippen molar-refractivity contribution in [2.75, 3.05) is 0 Å². The first kappa shape index (κ1) is 15.3. The molecule has 112 valence electrons. The molecule has 0 amide bonds. The predicted octanol–water partition coefficient (Wildman–Crippen LogP) is 3.43. The van der Waals surface area contributed by atoms with Crippen LogP contribution in [0.15, 0.2) is 42.6 Å². The van der Waals surface area contributed by atoms with E-state index in [2.05, 4.69) is 17.2 Å². The first-order chi connectivity index (χ1) is 10.1. The third-order valence-corrected chi connectivity index (χ3v) is 3.19. The number of ether oxygens (including phenoxy) is 1. The predicted molar refractivity (Wildman–Crippen MR) is 83.4 cm³/mol. The van der Waals surface area contributed by atoms with E-state index in [0.29, 0.717) is 12.4 Å². The van der Waals surface area contributed by atoms with Crippen molar-refractivity contribution in [2.45, 2.75) is 39.5 Å². The van der Waals surface area contributed by atoms with Crippen molar-refractivity contribution >= 4 is 0 Å². The number of phenols is 1. The molecule has 0 radical (unpaired) electrons. The van der Waals surface area contributed by atoms with Crippen molar-refractivity contribution in [2.24, 2.45) is 0 Å². The molecule has 2 N–H and O–H groups in total. The van der Waals surface area contributed by atoms with Crippen LogP contribution in [-0.2, 0) is 6.54 Å². The summed E-state index contributed by atoms with van der Waals surface area (Å²) < 4.78 is 5.71. The maximum absolute atomic E-state index is 9.32. The van der Waals surface area contributed by atoms with Gasteiger partial charge in [-0.1, -0.05) is 18.2 Å². The Hall–Kier alpha value is -2.07. The molecule has 0 saturated carbocycles. The lowest BCUT2D eigenvalue weighted by Gasteiger charge is -2.17. The summed E-state index contributed by atoms with van der Waals surface area (Å²) in [4.78, 5) is 4.29. The van der Waals surface area contributed by atoms with Crippen molar-refractivity contribution in [3.05, 3.63) is 53.7 Å². The second-order valence-corrected chi connectivity index (χ2v) is 5.33. The number of rotatable bonds is 6. The molecular weight excluding hydrogens is 264 g/mol. The molecule has 2 rings (SSSR count). The third kappa shape index (κ3) is 4.46. The monoisotopic (exact) mass is 286 g/mol. The van der Waals surface area contributed by atoms with Gasteiger partial charge in [0.2, 0.25) is 5.88 Å². The number of hydrogen-bond donors (Lipinski definition) is 2. The van der Waals surface area contributed by atoms with E-state index in [-0.39, 0.29) is 17.9 Å². The number of aromatic nitrogens is 1. The van der Waals surface area contributed by atoms with Crippen LogP contribution in [-0.4, -0.2) is 16.2 Å². The van der Waals surface area contributed by atoms with E-state index in [1.807, 2.05) is 38.1 Å². The number of hydrogen-bond acceptors (Lipinski definition) is 4. The van der Waals surface area contributed by atoms with Gasteiger partial charge in [0.05, 0.1) is 6.10 Å². The van der Waals surface area contributed by atoms with Crippen LogP contribution >= 0.6 is 0 Å². The van der Waals surface area contributed by atoms with Crippen molar-refractivity contribution in [1.82, 2.24) is 10.3 Å². The van der Waals surface area contributed by atoms with Gasteiger partial charge in [0.25, 0.3) is 0 Å². The highest BCUT2D eigenvalue weighted by molar-refractivity contribution is 5.29. The minimum Gasteiger partial charge on any atom is -0.508 e. The van der Waals surface area contributed by atoms with Gasteiger partial charge in [0.15, 0.2) is 0 Å². The Balaban J connectivity index is 2.01. The van der Waals surface area contributed by atoms with Gasteiger partial charge in [-0.25, -0.2) is 4.98 Å². The molecule has 0 saturated heterocycles. The summed E-state index contributed by atoms with van der Waals surface area (Å²) in [5.74, 6) is 0.962. The maximum Gasteiger partial charge on any atom is 0.218 e. The quantitative estimate of drug-likeness (QED) is 0.854. The van der Waals surface area contributed by atoms with Crippen LogP contribution in [0.25, 0.3) is 0 Å². The van der Waals surface area contributed by atoms with E-state index in [9.17, 15) is 5.11 Å². The number of aromatic hydroxyl groups is 1. The molecule has 0 aliphatic heterocycles. The number of benzene rings is 1. The van der Waals surface area contributed by atoms with E-state index < -0.39 is 0 Å². The fraction of sp³-hybridized carbons (Fsp3) is 0.353. The van der Waals surface area contributed by atoms with Crippen LogP contribution in [0.1, 0.15) is 37.9 Å². The summed E-state index contributed by atoms with van der Waals surface area (Å²) in [6, 6.07) is 11.3. The van der Waals surface area contributed by atoms with Gasteiger partial charge in [0, 0.05) is 24.3 Å². The van der Waals surface area contributed by atoms with Crippen molar-refractivity contribution in [1.29, 1.82) is 0 Å². The van der Waals surface area contributed by atoms with Gasteiger partial charge in [0.1, 0.15) is 5.75 Å². The Kier molecular flexibility index (Phi) is 5.17. The molecular formula is C17H22N2O2. The highest BCUT2D eigenvalue weighted by Crippen LogP contribution is 2.19. The zero-order valence-corrected chi connectivity index (χ0v) is 12.7. The standard InChI is InChI=1S/C17H22N2O2/c1-12(2)21-17-15(5-4-10-18-17)11-19-13(3)14-6-8-16(20)9-7-14/h4-10,12-13,19-20H,11H2,1-3H3. The molecule has 4 nitrogen and oxygen atoms in total. The number of nitrogens with zero attached hydrogens (tertiary/aromatic N) is 1. The highest BCUT2D eigenvalue weighted by atomic mass is 16.5. The van der Waals surface area contributed by atoms with Crippen LogP contribution in [0.4, 0.5) is 0 Å². The molecule has 4 heteroatoms. The summed E-state index contributed by atoms with van der Waals surface area (Å²) in [6.45, 7) is 6.75. The topological polar surface area (TPSA) is 54.4 Å². The molecule has 1 aromatic heterocycles. The molecule has 2 aromatic rings. The first-order valence-electron chi connectivity index (χ1n) is 7.19. The van der Waals surface area contributed by atoms with Gasteiger partial charge in [-0.2, -0.15) is 0 Å². The molecule has 0 bridgehead atoms. The van der Waals surface area contributed by atoms with Crippen LogP contribution in [0.2, 0.25) is 0 Å². The van der Waals surface area contributed by atoms with Crippen LogP contribution in [0.3, 0.4) is 0 Å². The van der Waals surface area contributed by atoms with Gasteiger partial charge >= 0.3 is 0 Å². The molecule has 0 aliphatic carbocycles. The fourth-order valence-electron chi connectivity index (χ4n) is 2.03. The smallest absolute Gasteiger partial charge is 0.218 e. The van der Waals surface area contributed by atoms with Crippen molar-refractivity contribution < 1.29 is 9.84 Å². The Morgan fingerprint density at radius 3 is 2.52 bits per heavy atom. The molecule has 1 unspecified atom stereocenters. The van der Waals surface area contributed by atoms with Crippen molar-refractivity contribution in [3.8, 4) is 11.6 Å². The number of phenolic OH excluding ortho intramolecular Hbond substituents is 1.